The molecule has 19 heavy (non-hydrogen) atoms. The summed E-state index contributed by atoms with van der Waals surface area (Å²) in [6, 6.07) is 8.90. The molecule has 2 fully saturated rings. The second kappa shape index (κ2) is 5.76. The van der Waals surface area contributed by atoms with Crippen molar-refractivity contribution in [2.24, 2.45) is 5.92 Å². The maximum atomic E-state index is 12.0. The van der Waals surface area contributed by atoms with Crippen molar-refractivity contribution in [3.05, 3.63) is 34.3 Å². The van der Waals surface area contributed by atoms with Crippen LogP contribution in [-0.4, -0.2) is 23.3 Å². The number of hydrogen-bond donors (Lipinski definition) is 0. The van der Waals surface area contributed by atoms with E-state index in [2.05, 4.69) is 45.1 Å². The molecule has 0 amide bonds. The number of Topliss-reactive ketones (excluding diaryl/α,β-unsaturated/α-hetero) is 1. The van der Waals surface area contributed by atoms with Crippen LogP contribution in [0.3, 0.4) is 0 Å². The van der Waals surface area contributed by atoms with E-state index in [0.29, 0.717) is 17.7 Å². The van der Waals surface area contributed by atoms with Gasteiger partial charge >= 0.3 is 0 Å². The number of likely N-dealkylation sites (tertiary alicyclic amines) is 1. The Morgan fingerprint density at radius 2 is 2.05 bits per heavy atom. The Bertz CT molecular complexity index is 474. The van der Waals surface area contributed by atoms with E-state index < -0.39 is 0 Å². The minimum atomic E-state index is 0.310. The molecule has 0 radical (unpaired) electrons. The zero-order valence-corrected chi connectivity index (χ0v) is 12.7. The first-order valence-corrected chi connectivity index (χ1v) is 8.05. The number of carbonyl (C=O) groups excluding carboxylic acids is 1. The van der Waals surface area contributed by atoms with Crippen molar-refractivity contribution in [2.75, 3.05) is 6.54 Å². The third kappa shape index (κ3) is 2.77. The van der Waals surface area contributed by atoms with Gasteiger partial charge in [0.25, 0.3) is 0 Å². The zero-order chi connectivity index (χ0) is 13.2. The van der Waals surface area contributed by atoms with E-state index >= 15 is 0 Å². The van der Waals surface area contributed by atoms with E-state index in [1.807, 2.05) is 0 Å². The monoisotopic (exact) mass is 321 g/mol. The molecule has 0 spiro atoms. The van der Waals surface area contributed by atoms with Crippen LogP contribution in [-0.2, 0) is 11.3 Å². The lowest BCUT2D eigenvalue weighted by Gasteiger charge is -2.28. The number of halogens is 1. The van der Waals surface area contributed by atoms with Gasteiger partial charge in [-0.3, -0.25) is 9.69 Å². The van der Waals surface area contributed by atoms with Crippen molar-refractivity contribution >= 4 is 21.7 Å². The lowest BCUT2D eigenvalue weighted by atomic mass is 9.95. The van der Waals surface area contributed by atoms with E-state index in [1.54, 1.807) is 0 Å². The van der Waals surface area contributed by atoms with Gasteiger partial charge < -0.3 is 0 Å². The standard InChI is InChI=1S/C16H20BrNO/c17-14-7-2-1-5-12(14)11-18-10-4-8-15(18)13-6-3-9-16(13)19/h1-2,5,7,13,15H,3-4,6,8-11H2. The van der Waals surface area contributed by atoms with E-state index in [1.165, 1.54) is 22.9 Å². The van der Waals surface area contributed by atoms with E-state index in [9.17, 15) is 4.79 Å². The Morgan fingerprint density at radius 1 is 1.21 bits per heavy atom. The third-order valence-corrected chi connectivity index (χ3v) is 5.34. The van der Waals surface area contributed by atoms with Crippen molar-refractivity contribution in [3.8, 4) is 0 Å². The second-order valence-corrected chi connectivity index (χ2v) is 6.59. The fraction of sp³-hybridized carbons (Fsp3) is 0.562. The van der Waals surface area contributed by atoms with Crippen molar-refractivity contribution in [1.29, 1.82) is 0 Å². The number of hydrogen-bond acceptors (Lipinski definition) is 2. The molecule has 2 aliphatic rings. The molecule has 1 aromatic rings. The molecule has 2 nitrogen and oxygen atoms in total. The van der Waals surface area contributed by atoms with Crippen LogP contribution in [0.2, 0.25) is 0 Å². The molecule has 1 aromatic carbocycles. The highest BCUT2D eigenvalue weighted by Gasteiger charge is 2.37. The number of nitrogens with zero attached hydrogens (tertiary/aromatic N) is 1. The van der Waals surface area contributed by atoms with Gasteiger partial charge in [0.2, 0.25) is 0 Å². The van der Waals surface area contributed by atoms with Crippen LogP contribution < -0.4 is 0 Å². The third-order valence-electron chi connectivity index (χ3n) is 4.56. The summed E-state index contributed by atoms with van der Waals surface area (Å²) in [5.74, 6) is 0.814. The lowest BCUT2D eigenvalue weighted by molar-refractivity contribution is -0.122. The van der Waals surface area contributed by atoms with Gasteiger partial charge in [-0.15, -0.1) is 0 Å². The van der Waals surface area contributed by atoms with Crippen molar-refractivity contribution in [3.63, 3.8) is 0 Å². The van der Waals surface area contributed by atoms with Gasteiger partial charge in [-0.25, -0.2) is 0 Å². The largest absolute Gasteiger partial charge is 0.299 e. The van der Waals surface area contributed by atoms with Gasteiger partial charge in [-0.1, -0.05) is 34.1 Å². The first-order chi connectivity index (χ1) is 9.25. The summed E-state index contributed by atoms with van der Waals surface area (Å²) in [5.41, 5.74) is 1.33. The van der Waals surface area contributed by atoms with Crippen LogP contribution in [0, 0.1) is 5.92 Å². The van der Waals surface area contributed by atoms with Crippen molar-refractivity contribution < 1.29 is 4.79 Å². The maximum absolute atomic E-state index is 12.0. The Labute approximate surface area is 123 Å². The van der Waals surface area contributed by atoms with Gasteiger partial charge in [-0.05, 0) is 43.9 Å². The number of benzene rings is 1. The highest BCUT2D eigenvalue weighted by molar-refractivity contribution is 9.10. The molecule has 3 heteroatoms. The minimum absolute atomic E-state index is 0.310. The maximum Gasteiger partial charge on any atom is 0.137 e. The highest BCUT2D eigenvalue weighted by Crippen LogP contribution is 2.34. The molecule has 0 aromatic heterocycles. The van der Waals surface area contributed by atoms with Crippen LogP contribution in [0.25, 0.3) is 0 Å². The number of ketones is 1. The molecule has 1 aliphatic heterocycles. The quantitative estimate of drug-likeness (QED) is 0.844. The Hall–Kier alpha value is -0.670. The molecule has 1 saturated heterocycles. The summed E-state index contributed by atoms with van der Waals surface area (Å²) < 4.78 is 1.18. The summed E-state index contributed by atoms with van der Waals surface area (Å²) in [6.45, 7) is 2.10. The van der Waals surface area contributed by atoms with Gasteiger partial charge in [-0.2, -0.15) is 0 Å². The van der Waals surface area contributed by atoms with Gasteiger partial charge in [0.15, 0.2) is 0 Å². The first-order valence-electron chi connectivity index (χ1n) is 7.26. The molecule has 2 atom stereocenters. The van der Waals surface area contributed by atoms with E-state index in [4.69, 9.17) is 0 Å². The normalized spacial score (nSPS) is 28.2. The SMILES string of the molecule is O=C1CCCC1C1CCCN1Cc1ccccc1Br. The molecular formula is C16H20BrNO. The predicted octanol–water partition coefficient (Wildman–Crippen LogP) is 3.78. The van der Waals surface area contributed by atoms with Crippen LogP contribution in [0.15, 0.2) is 28.7 Å². The Morgan fingerprint density at radius 3 is 2.79 bits per heavy atom. The average Bonchev–Trinajstić information content (AvgIpc) is 3.01. The molecule has 1 aliphatic carbocycles. The smallest absolute Gasteiger partial charge is 0.137 e. The summed E-state index contributed by atoms with van der Waals surface area (Å²) >= 11 is 3.63. The molecule has 1 saturated carbocycles. The van der Waals surface area contributed by atoms with Gasteiger partial charge in [0.1, 0.15) is 5.78 Å². The molecule has 1 heterocycles. The topological polar surface area (TPSA) is 20.3 Å². The fourth-order valence-corrected chi connectivity index (χ4v) is 4.01. The zero-order valence-electron chi connectivity index (χ0n) is 11.1. The molecule has 3 rings (SSSR count). The van der Waals surface area contributed by atoms with E-state index in [0.717, 1.165) is 32.4 Å². The van der Waals surface area contributed by atoms with Crippen LogP contribution in [0.1, 0.15) is 37.7 Å². The molecule has 102 valence electrons. The minimum Gasteiger partial charge on any atom is -0.299 e. The molecular weight excluding hydrogens is 302 g/mol. The summed E-state index contributed by atoms with van der Waals surface area (Å²) in [7, 11) is 0. The Balaban J connectivity index is 1.73. The summed E-state index contributed by atoms with van der Waals surface area (Å²) in [4.78, 5) is 14.5. The van der Waals surface area contributed by atoms with E-state index in [-0.39, 0.29) is 0 Å². The molecule has 2 unspecified atom stereocenters. The summed E-state index contributed by atoms with van der Waals surface area (Å²) in [6.07, 6.45) is 5.45. The first kappa shape index (κ1) is 13.3. The van der Waals surface area contributed by atoms with Crippen molar-refractivity contribution in [1.82, 2.24) is 4.90 Å². The van der Waals surface area contributed by atoms with Crippen LogP contribution in [0.4, 0.5) is 0 Å². The predicted molar refractivity (Wildman–Crippen MR) is 79.9 cm³/mol. The summed E-state index contributed by atoms with van der Waals surface area (Å²) in [5, 5.41) is 0. The Kier molecular flexibility index (Phi) is 4.04. The van der Waals surface area contributed by atoms with Crippen molar-refractivity contribution in [2.45, 2.75) is 44.7 Å². The lowest BCUT2D eigenvalue weighted by Crippen LogP contribution is -2.37. The molecule has 0 N–H and O–H groups in total. The molecule has 0 bridgehead atoms. The van der Waals surface area contributed by atoms with Crippen LogP contribution >= 0.6 is 15.9 Å². The average molecular weight is 322 g/mol. The second-order valence-electron chi connectivity index (χ2n) is 5.74. The van der Waals surface area contributed by atoms with Crippen LogP contribution in [0.5, 0.6) is 0 Å². The fourth-order valence-electron chi connectivity index (χ4n) is 3.60. The van der Waals surface area contributed by atoms with Gasteiger partial charge in [0, 0.05) is 29.4 Å². The number of rotatable bonds is 3. The van der Waals surface area contributed by atoms with Gasteiger partial charge in [0.05, 0.1) is 0 Å². The highest BCUT2D eigenvalue weighted by atomic mass is 79.9. The number of carbonyl (C=O) groups is 1.